The van der Waals surface area contributed by atoms with Crippen molar-refractivity contribution in [2.75, 3.05) is 69.1 Å². The zero-order valence-electron chi connectivity index (χ0n) is 17.2. The van der Waals surface area contributed by atoms with Crippen molar-refractivity contribution in [3.05, 3.63) is 23.8 Å². The normalized spacial score (nSPS) is 20.1. The Morgan fingerprint density at radius 2 is 1.37 bits per heavy atom. The Kier molecular flexibility index (Phi) is 6.36. The SMILES string of the molecule is O=C(CN1CCN(C(=O)Nc2cc(F)c(N3CCCC3)c(F)c2)CC1)N1CCCC1. The van der Waals surface area contributed by atoms with Crippen LogP contribution in [-0.2, 0) is 4.79 Å². The standard InChI is InChI=1S/C21H29F2N5O2/c22-17-13-16(14-18(23)20(17)27-7-3-4-8-27)24-21(30)28-11-9-25(10-12-28)15-19(29)26-5-1-2-6-26/h13-14H,1-12,15H2,(H,24,30). The number of carbonyl (C=O) groups is 2. The van der Waals surface area contributed by atoms with Gasteiger partial charge < -0.3 is 20.0 Å². The minimum absolute atomic E-state index is 0.0122. The number of nitrogens with one attached hydrogen (secondary N) is 1. The molecule has 0 radical (unpaired) electrons. The second-order valence-electron chi connectivity index (χ2n) is 8.26. The molecule has 3 heterocycles. The summed E-state index contributed by atoms with van der Waals surface area (Å²) >= 11 is 0. The van der Waals surface area contributed by atoms with Crippen molar-refractivity contribution in [3.8, 4) is 0 Å². The molecule has 0 spiro atoms. The first kappa shape index (κ1) is 20.8. The summed E-state index contributed by atoms with van der Waals surface area (Å²) in [6.45, 7) is 5.48. The van der Waals surface area contributed by atoms with Crippen molar-refractivity contribution in [3.63, 3.8) is 0 Å². The molecule has 3 amide bonds. The molecule has 164 valence electrons. The number of hydrogen-bond donors (Lipinski definition) is 1. The lowest BCUT2D eigenvalue weighted by Crippen LogP contribution is -2.52. The van der Waals surface area contributed by atoms with Gasteiger partial charge in [-0.05, 0) is 37.8 Å². The van der Waals surface area contributed by atoms with Crippen molar-refractivity contribution >= 4 is 23.3 Å². The lowest BCUT2D eigenvalue weighted by molar-refractivity contribution is -0.131. The van der Waals surface area contributed by atoms with Gasteiger partial charge in [0, 0.05) is 58.0 Å². The van der Waals surface area contributed by atoms with Crippen molar-refractivity contribution in [1.29, 1.82) is 0 Å². The number of hydrogen-bond acceptors (Lipinski definition) is 4. The summed E-state index contributed by atoms with van der Waals surface area (Å²) in [5.74, 6) is -1.16. The zero-order chi connectivity index (χ0) is 21.1. The maximum Gasteiger partial charge on any atom is 0.321 e. The fraction of sp³-hybridized carbons (Fsp3) is 0.619. The van der Waals surface area contributed by atoms with Crippen molar-refractivity contribution in [2.45, 2.75) is 25.7 Å². The number of carbonyl (C=O) groups excluding carboxylic acids is 2. The Balaban J connectivity index is 1.29. The maximum absolute atomic E-state index is 14.5. The zero-order valence-corrected chi connectivity index (χ0v) is 17.2. The van der Waals surface area contributed by atoms with E-state index in [1.54, 1.807) is 9.80 Å². The molecule has 0 atom stereocenters. The van der Waals surface area contributed by atoms with Crippen LogP contribution in [-0.4, -0.2) is 85.5 Å². The number of urea groups is 1. The van der Waals surface area contributed by atoms with Crippen molar-refractivity contribution in [1.82, 2.24) is 14.7 Å². The maximum atomic E-state index is 14.5. The average molecular weight is 421 g/mol. The third-order valence-corrected chi connectivity index (χ3v) is 6.17. The first-order chi connectivity index (χ1) is 14.5. The summed E-state index contributed by atoms with van der Waals surface area (Å²) in [5.41, 5.74) is 0.103. The molecule has 0 aromatic heterocycles. The quantitative estimate of drug-likeness (QED) is 0.811. The number of amides is 3. The smallest absolute Gasteiger partial charge is 0.321 e. The van der Waals surface area contributed by atoms with E-state index in [1.807, 2.05) is 4.90 Å². The van der Waals surface area contributed by atoms with Crippen molar-refractivity contribution < 1.29 is 18.4 Å². The molecule has 30 heavy (non-hydrogen) atoms. The van der Waals surface area contributed by atoms with Gasteiger partial charge in [-0.25, -0.2) is 13.6 Å². The molecule has 0 bridgehead atoms. The molecular formula is C21H29F2N5O2. The van der Waals surface area contributed by atoms with Crippen LogP contribution in [0.3, 0.4) is 0 Å². The van der Waals surface area contributed by atoms with Gasteiger partial charge in [-0.1, -0.05) is 0 Å². The predicted octanol–water partition coefficient (Wildman–Crippen LogP) is 2.34. The number of anilines is 2. The summed E-state index contributed by atoms with van der Waals surface area (Å²) in [6, 6.07) is 1.98. The van der Waals surface area contributed by atoms with E-state index >= 15 is 0 Å². The second-order valence-corrected chi connectivity index (χ2v) is 8.26. The van der Waals surface area contributed by atoms with Gasteiger partial charge >= 0.3 is 6.03 Å². The molecule has 1 N–H and O–H groups in total. The molecule has 1 aromatic carbocycles. The van der Waals surface area contributed by atoms with Gasteiger partial charge in [-0.3, -0.25) is 9.69 Å². The number of halogens is 2. The molecule has 3 aliphatic heterocycles. The topological polar surface area (TPSA) is 59.1 Å². The number of nitrogens with zero attached hydrogens (tertiary/aromatic N) is 4. The largest absolute Gasteiger partial charge is 0.367 e. The lowest BCUT2D eigenvalue weighted by atomic mass is 10.2. The van der Waals surface area contributed by atoms with Gasteiger partial charge in [0.05, 0.1) is 6.54 Å². The Bertz CT molecular complexity index is 763. The molecule has 3 saturated heterocycles. The summed E-state index contributed by atoms with van der Waals surface area (Å²) in [7, 11) is 0. The highest BCUT2D eigenvalue weighted by Gasteiger charge is 2.26. The molecule has 0 unspecified atom stereocenters. The van der Waals surface area contributed by atoms with E-state index in [-0.39, 0.29) is 23.3 Å². The number of likely N-dealkylation sites (tertiary alicyclic amines) is 1. The number of benzene rings is 1. The first-order valence-corrected chi connectivity index (χ1v) is 10.8. The molecule has 7 nitrogen and oxygen atoms in total. The Labute approximate surface area is 175 Å². The van der Waals surface area contributed by atoms with Crippen LogP contribution in [0, 0.1) is 11.6 Å². The molecule has 9 heteroatoms. The molecule has 3 aliphatic rings. The molecule has 3 fully saturated rings. The van der Waals surface area contributed by atoms with Crippen LogP contribution in [0.4, 0.5) is 25.0 Å². The Morgan fingerprint density at radius 3 is 1.97 bits per heavy atom. The molecule has 0 aliphatic carbocycles. The van der Waals surface area contributed by atoms with E-state index in [0.29, 0.717) is 45.8 Å². The predicted molar refractivity (Wildman–Crippen MR) is 111 cm³/mol. The van der Waals surface area contributed by atoms with E-state index in [4.69, 9.17) is 0 Å². The summed E-state index contributed by atoms with van der Waals surface area (Å²) < 4.78 is 28.9. The van der Waals surface area contributed by atoms with Gasteiger partial charge in [0.1, 0.15) is 5.69 Å². The number of rotatable bonds is 4. The molecular weight excluding hydrogens is 392 g/mol. The van der Waals surface area contributed by atoms with Crippen LogP contribution in [0.15, 0.2) is 12.1 Å². The number of piperazine rings is 1. The highest BCUT2D eigenvalue weighted by molar-refractivity contribution is 5.89. The minimum atomic E-state index is -0.655. The molecule has 4 rings (SSSR count). The minimum Gasteiger partial charge on any atom is -0.367 e. The van der Waals surface area contributed by atoms with Crippen LogP contribution in [0.25, 0.3) is 0 Å². The van der Waals surface area contributed by atoms with E-state index in [2.05, 4.69) is 10.2 Å². The van der Waals surface area contributed by atoms with Gasteiger partial charge in [-0.2, -0.15) is 0 Å². The first-order valence-electron chi connectivity index (χ1n) is 10.8. The third kappa shape index (κ3) is 4.66. The van der Waals surface area contributed by atoms with Gasteiger partial charge in [0.2, 0.25) is 5.91 Å². The summed E-state index contributed by atoms with van der Waals surface area (Å²) in [4.78, 5) is 32.1. The van der Waals surface area contributed by atoms with Gasteiger partial charge in [0.25, 0.3) is 0 Å². The van der Waals surface area contributed by atoms with Crippen LogP contribution in [0.1, 0.15) is 25.7 Å². The fourth-order valence-corrected chi connectivity index (χ4v) is 4.45. The van der Waals surface area contributed by atoms with Crippen LogP contribution in [0.2, 0.25) is 0 Å². The van der Waals surface area contributed by atoms with E-state index in [0.717, 1.165) is 38.8 Å². The monoisotopic (exact) mass is 421 g/mol. The lowest BCUT2D eigenvalue weighted by Gasteiger charge is -2.35. The Hall–Kier alpha value is -2.42. The Morgan fingerprint density at radius 1 is 0.800 bits per heavy atom. The average Bonchev–Trinajstić information content (AvgIpc) is 3.42. The highest BCUT2D eigenvalue weighted by Crippen LogP contribution is 2.29. The fourth-order valence-electron chi connectivity index (χ4n) is 4.45. The van der Waals surface area contributed by atoms with Gasteiger partial charge in [0.15, 0.2) is 11.6 Å². The van der Waals surface area contributed by atoms with E-state index in [1.165, 1.54) is 12.1 Å². The summed E-state index contributed by atoms with van der Waals surface area (Å²) in [6.07, 6.45) is 3.99. The van der Waals surface area contributed by atoms with E-state index < -0.39 is 11.6 Å². The van der Waals surface area contributed by atoms with Crippen LogP contribution < -0.4 is 10.2 Å². The summed E-state index contributed by atoms with van der Waals surface area (Å²) in [5, 5.41) is 2.61. The highest BCUT2D eigenvalue weighted by atomic mass is 19.1. The van der Waals surface area contributed by atoms with Crippen LogP contribution in [0.5, 0.6) is 0 Å². The van der Waals surface area contributed by atoms with E-state index in [9.17, 15) is 18.4 Å². The van der Waals surface area contributed by atoms with Crippen molar-refractivity contribution in [2.24, 2.45) is 0 Å². The second kappa shape index (κ2) is 9.16. The molecule has 1 aromatic rings. The van der Waals surface area contributed by atoms with Gasteiger partial charge in [-0.15, -0.1) is 0 Å². The molecule has 0 saturated carbocycles. The third-order valence-electron chi connectivity index (χ3n) is 6.17. The van der Waals surface area contributed by atoms with Crippen LogP contribution >= 0.6 is 0 Å².